The maximum absolute atomic E-state index is 12.6. The summed E-state index contributed by atoms with van der Waals surface area (Å²) in [5.41, 5.74) is 5.36. The Morgan fingerprint density at radius 3 is 1.26 bits per heavy atom. The first-order valence-corrected chi connectivity index (χ1v) is 27.9. The molecule has 0 aliphatic carbocycles. The molecule has 0 aliphatic heterocycles. The summed E-state index contributed by atoms with van der Waals surface area (Å²) in [4.78, 5) is 35.0. The largest absolute Gasteiger partial charge is 0.472 e. The Bertz CT molecular complexity index is 1290. The van der Waals surface area contributed by atoms with Gasteiger partial charge in [-0.05, 0) is 64.2 Å². The van der Waals surface area contributed by atoms with E-state index in [-0.39, 0.29) is 38.6 Å². The van der Waals surface area contributed by atoms with Gasteiger partial charge in [-0.15, -0.1) is 0 Å². The van der Waals surface area contributed by atoms with E-state index in [0.29, 0.717) is 6.42 Å². The molecule has 376 valence electrons. The average Bonchev–Trinajstić information content (AvgIpc) is 3.30. The summed E-state index contributed by atoms with van der Waals surface area (Å²) >= 11 is 0. The highest BCUT2D eigenvalue weighted by Crippen LogP contribution is 2.43. The Labute approximate surface area is 399 Å². The molecule has 2 atom stereocenters. The Morgan fingerprint density at radius 2 is 0.846 bits per heavy atom. The van der Waals surface area contributed by atoms with E-state index in [2.05, 4.69) is 86.8 Å². The number of rotatable bonds is 49. The lowest BCUT2D eigenvalue weighted by Crippen LogP contribution is -2.29. The highest BCUT2D eigenvalue weighted by Gasteiger charge is 2.26. The van der Waals surface area contributed by atoms with Gasteiger partial charge in [-0.1, -0.05) is 228 Å². The monoisotopic (exact) mass is 932 g/mol. The van der Waals surface area contributed by atoms with Crippen LogP contribution in [0.3, 0.4) is 0 Å². The second-order valence-electron chi connectivity index (χ2n) is 17.4. The number of hydrogen-bond acceptors (Lipinski definition) is 8. The van der Waals surface area contributed by atoms with Crippen LogP contribution in [-0.4, -0.2) is 49.3 Å². The van der Waals surface area contributed by atoms with Crippen LogP contribution >= 0.6 is 7.82 Å². The third kappa shape index (κ3) is 50.7. The van der Waals surface area contributed by atoms with Gasteiger partial charge in [0.05, 0.1) is 13.2 Å². The number of hydrogen-bond donors (Lipinski definition) is 2. The molecule has 0 fully saturated rings. The topological polar surface area (TPSA) is 134 Å². The van der Waals surface area contributed by atoms with Gasteiger partial charge in [-0.25, -0.2) is 4.57 Å². The molecule has 0 bridgehead atoms. The molecule has 0 saturated heterocycles. The number of esters is 2. The van der Waals surface area contributed by atoms with Gasteiger partial charge in [0, 0.05) is 19.4 Å². The van der Waals surface area contributed by atoms with Crippen molar-refractivity contribution >= 4 is 19.8 Å². The predicted molar refractivity (Wildman–Crippen MR) is 275 cm³/mol. The van der Waals surface area contributed by atoms with Crippen LogP contribution in [-0.2, 0) is 32.7 Å². The van der Waals surface area contributed by atoms with E-state index in [1.807, 2.05) is 0 Å². The lowest BCUT2D eigenvalue weighted by Gasteiger charge is -2.19. The Morgan fingerprint density at radius 1 is 0.477 bits per heavy atom. The first-order chi connectivity index (χ1) is 31.8. The van der Waals surface area contributed by atoms with Crippen molar-refractivity contribution in [3.63, 3.8) is 0 Å². The van der Waals surface area contributed by atoms with Crippen molar-refractivity contribution in [2.45, 2.75) is 238 Å². The minimum Gasteiger partial charge on any atom is -0.462 e. The number of nitrogens with two attached hydrogens (primary N) is 1. The second-order valence-corrected chi connectivity index (χ2v) is 18.8. The normalized spacial score (nSPS) is 13.7. The van der Waals surface area contributed by atoms with E-state index in [0.717, 1.165) is 77.0 Å². The molecular weight excluding hydrogens is 834 g/mol. The third-order valence-corrected chi connectivity index (χ3v) is 12.1. The van der Waals surface area contributed by atoms with Gasteiger partial charge in [0.2, 0.25) is 0 Å². The van der Waals surface area contributed by atoms with Crippen LogP contribution < -0.4 is 5.73 Å². The second kappa shape index (κ2) is 50.9. The lowest BCUT2D eigenvalue weighted by atomic mass is 10.0. The molecule has 3 N–H and O–H groups in total. The van der Waals surface area contributed by atoms with Crippen LogP contribution in [0.4, 0.5) is 0 Å². The van der Waals surface area contributed by atoms with Crippen LogP contribution in [0.25, 0.3) is 0 Å². The fourth-order valence-corrected chi connectivity index (χ4v) is 7.99. The van der Waals surface area contributed by atoms with E-state index >= 15 is 0 Å². The van der Waals surface area contributed by atoms with Crippen molar-refractivity contribution in [3.05, 3.63) is 72.9 Å². The standard InChI is InChI=1S/C55H98NO8P/c1-3-5-7-9-11-13-15-16-17-18-19-20-21-22-23-24-25-26-27-28-29-30-31-32-33-34-35-36-38-40-42-44-46-48-55(58)64-53(52-63-65(59,60)62-50-49-56)51-61-54(57)47-45-43-41-39-37-14-12-10-8-6-4-2/h5,7,11,13,16-17,19-20,22-23,25-26,53H,3-4,6,8-10,12,14-15,18,21,24,27-52,56H2,1-2H3,(H,59,60)/b7-5-,13-11-,17-16-,20-19-,23-22-,26-25-. The molecule has 0 rings (SSSR count). The molecule has 0 aromatic heterocycles. The van der Waals surface area contributed by atoms with Gasteiger partial charge in [0.15, 0.2) is 6.10 Å². The molecule has 0 spiro atoms. The third-order valence-electron chi connectivity index (χ3n) is 11.1. The summed E-state index contributed by atoms with van der Waals surface area (Å²) in [6.45, 7) is 3.62. The zero-order chi connectivity index (χ0) is 47.4. The number of phosphoric ester groups is 1. The quantitative estimate of drug-likeness (QED) is 0.0265. The summed E-state index contributed by atoms with van der Waals surface area (Å²) in [6, 6.07) is 0. The van der Waals surface area contributed by atoms with Crippen molar-refractivity contribution in [1.29, 1.82) is 0 Å². The highest BCUT2D eigenvalue weighted by atomic mass is 31.2. The summed E-state index contributed by atoms with van der Waals surface area (Å²) in [7, 11) is -4.38. The number of phosphoric acid groups is 1. The fraction of sp³-hybridized carbons (Fsp3) is 0.745. The number of unbranched alkanes of at least 4 members (excludes halogenated alkanes) is 24. The minimum atomic E-state index is -4.38. The summed E-state index contributed by atoms with van der Waals surface area (Å²) in [6.07, 6.45) is 63.9. The van der Waals surface area contributed by atoms with Gasteiger partial charge >= 0.3 is 19.8 Å². The molecule has 0 aromatic carbocycles. The van der Waals surface area contributed by atoms with Crippen molar-refractivity contribution in [3.8, 4) is 0 Å². The van der Waals surface area contributed by atoms with Gasteiger partial charge in [0.25, 0.3) is 0 Å². The first kappa shape index (κ1) is 62.4. The first-order valence-electron chi connectivity index (χ1n) is 26.4. The molecule has 0 saturated carbocycles. The summed E-state index contributed by atoms with van der Waals surface area (Å²) in [5, 5.41) is 0. The van der Waals surface area contributed by atoms with Gasteiger partial charge in [-0.3, -0.25) is 18.6 Å². The smallest absolute Gasteiger partial charge is 0.462 e. The van der Waals surface area contributed by atoms with E-state index in [1.54, 1.807) is 0 Å². The van der Waals surface area contributed by atoms with Gasteiger partial charge < -0.3 is 20.1 Å². The van der Waals surface area contributed by atoms with Crippen molar-refractivity contribution in [2.75, 3.05) is 26.4 Å². The molecule has 0 aromatic rings. The van der Waals surface area contributed by atoms with Crippen LogP contribution in [0.2, 0.25) is 0 Å². The fourth-order valence-electron chi connectivity index (χ4n) is 7.23. The van der Waals surface area contributed by atoms with Crippen LogP contribution in [0.15, 0.2) is 72.9 Å². The number of carbonyl (C=O) groups is 2. The Kier molecular flexibility index (Phi) is 48.9. The van der Waals surface area contributed by atoms with Gasteiger partial charge in [0.1, 0.15) is 6.61 Å². The maximum Gasteiger partial charge on any atom is 0.472 e. The average molecular weight is 932 g/mol. The highest BCUT2D eigenvalue weighted by molar-refractivity contribution is 7.47. The Hall–Kier alpha value is -2.55. The predicted octanol–water partition coefficient (Wildman–Crippen LogP) is 16.2. The van der Waals surface area contributed by atoms with Gasteiger partial charge in [-0.2, -0.15) is 0 Å². The van der Waals surface area contributed by atoms with Crippen molar-refractivity contribution in [2.24, 2.45) is 5.73 Å². The van der Waals surface area contributed by atoms with Crippen molar-refractivity contribution < 1.29 is 37.6 Å². The van der Waals surface area contributed by atoms with Crippen LogP contribution in [0, 0.1) is 0 Å². The van der Waals surface area contributed by atoms with E-state index in [9.17, 15) is 19.0 Å². The summed E-state index contributed by atoms with van der Waals surface area (Å²) < 4.78 is 32.9. The van der Waals surface area contributed by atoms with E-state index < -0.39 is 26.5 Å². The molecule has 0 aliphatic rings. The molecule has 0 heterocycles. The maximum atomic E-state index is 12.6. The van der Waals surface area contributed by atoms with Crippen LogP contribution in [0.5, 0.6) is 0 Å². The zero-order valence-corrected chi connectivity index (χ0v) is 42.6. The zero-order valence-electron chi connectivity index (χ0n) is 41.7. The number of ether oxygens (including phenoxy) is 2. The minimum absolute atomic E-state index is 0.0527. The van der Waals surface area contributed by atoms with E-state index in [4.69, 9.17) is 24.3 Å². The Balaban J connectivity index is 3.90. The molecule has 0 radical (unpaired) electrons. The lowest BCUT2D eigenvalue weighted by molar-refractivity contribution is -0.161. The molecule has 0 amide bonds. The number of allylic oxidation sites excluding steroid dienone is 12. The molecule has 9 nitrogen and oxygen atoms in total. The van der Waals surface area contributed by atoms with Crippen molar-refractivity contribution in [1.82, 2.24) is 0 Å². The SMILES string of the molecule is CC/C=C\C/C=C\C/C=C\C/C=C\C/C=C\C/C=C\CCCCCCCCCCCCCCCCC(=O)OC(COC(=O)CCCCCCCCCCCCC)COP(=O)(O)OCCN. The summed E-state index contributed by atoms with van der Waals surface area (Å²) in [5.74, 6) is -0.826. The molecule has 65 heavy (non-hydrogen) atoms. The molecule has 2 unspecified atom stereocenters. The molecule has 10 heteroatoms. The number of carbonyl (C=O) groups excluding carboxylic acids is 2. The molecular formula is C55H98NO8P. The van der Waals surface area contributed by atoms with E-state index in [1.165, 1.54) is 122 Å². The van der Waals surface area contributed by atoms with Crippen LogP contribution in [0.1, 0.15) is 232 Å².